The number of carbonyl (C=O) groups excluding carboxylic acids is 1. The fourth-order valence-corrected chi connectivity index (χ4v) is 4.01. The summed E-state index contributed by atoms with van der Waals surface area (Å²) in [5.41, 5.74) is 5.51. The minimum Gasteiger partial charge on any atom is -0.494 e. The number of carbonyl (C=O) groups is 1. The van der Waals surface area contributed by atoms with Crippen LogP contribution in [0.1, 0.15) is 71.8 Å². The van der Waals surface area contributed by atoms with E-state index < -0.39 is 5.78 Å². The van der Waals surface area contributed by atoms with Crippen LogP contribution in [-0.2, 0) is 6.54 Å². The number of nitrogens with zero attached hydrogens (tertiary/aromatic N) is 2. The third kappa shape index (κ3) is 3.97. The second kappa shape index (κ2) is 9.25. The van der Waals surface area contributed by atoms with Crippen LogP contribution in [0.5, 0.6) is 11.8 Å². The first-order valence-corrected chi connectivity index (χ1v) is 10.9. The second-order valence-corrected chi connectivity index (χ2v) is 7.91. The summed E-state index contributed by atoms with van der Waals surface area (Å²) < 4.78 is 14.5. The van der Waals surface area contributed by atoms with Gasteiger partial charge in [0.1, 0.15) is 11.5 Å². The summed E-state index contributed by atoms with van der Waals surface area (Å²) in [6.07, 6.45) is 8.76. The zero-order valence-electron chi connectivity index (χ0n) is 17.9. The van der Waals surface area contributed by atoms with Crippen molar-refractivity contribution in [2.75, 3.05) is 0 Å². The van der Waals surface area contributed by atoms with E-state index in [1.807, 2.05) is 6.08 Å². The average molecular weight is 432 g/mol. The highest BCUT2D eigenvalue weighted by atomic mass is 19.1. The Morgan fingerprint density at radius 3 is 2.56 bits per heavy atom. The summed E-state index contributed by atoms with van der Waals surface area (Å²) >= 11 is 0. The Hall–Kier alpha value is -3.63. The molecule has 0 bridgehead atoms. The van der Waals surface area contributed by atoms with Gasteiger partial charge in [0.2, 0.25) is 17.5 Å². The van der Waals surface area contributed by atoms with E-state index in [0.717, 1.165) is 25.7 Å². The molecule has 2 heterocycles. The maximum atomic E-state index is 13.3. The predicted molar refractivity (Wildman–Crippen MR) is 120 cm³/mol. The monoisotopic (exact) mass is 432 g/mol. The largest absolute Gasteiger partial charge is 0.494 e. The molecule has 0 aliphatic heterocycles. The van der Waals surface area contributed by atoms with Crippen molar-refractivity contribution in [1.82, 2.24) is 9.55 Å². The smallest absolute Gasteiger partial charge is 0.218 e. The van der Waals surface area contributed by atoms with Gasteiger partial charge in [0, 0.05) is 17.3 Å². The van der Waals surface area contributed by atoms with Gasteiger partial charge in [-0.3, -0.25) is 14.3 Å². The van der Waals surface area contributed by atoms with Gasteiger partial charge in [0.15, 0.2) is 0 Å². The van der Waals surface area contributed by atoms with Crippen LogP contribution < -0.4 is 0 Å². The molecule has 3 aromatic rings. The fourth-order valence-electron chi connectivity index (χ4n) is 4.01. The zero-order chi connectivity index (χ0) is 22.7. The van der Waals surface area contributed by atoms with Gasteiger partial charge < -0.3 is 10.2 Å². The quantitative estimate of drug-likeness (QED) is 0.295. The number of hydrogen-bond donors (Lipinski definition) is 2. The van der Waals surface area contributed by atoms with Crippen LogP contribution in [0.2, 0.25) is 0 Å². The molecule has 0 amide bonds. The van der Waals surface area contributed by atoms with E-state index in [1.165, 1.54) is 29.3 Å². The predicted octanol–water partition coefficient (Wildman–Crippen LogP) is 5.58. The van der Waals surface area contributed by atoms with Crippen LogP contribution >= 0.6 is 0 Å². The topological polar surface area (TPSA) is 75.3 Å². The van der Waals surface area contributed by atoms with Gasteiger partial charge in [-0.25, -0.2) is 4.39 Å². The number of allylic oxidation sites excluding steroid dienone is 1. The molecule has 0 fully saturated rings. The number of halogens is 1. The van der Waals surface area contributed by atoms with Crippen LogP contribution in [0.4, 0.5) is 4.39 Å². The Kier molecular flexibility index (Phi) is 6.24. The highest BCUT2D eigenvalue weighted by Crippen LogP contribution is 2.45. The van der Waals surface area contributed by atoms with Gasteiger partial charge in [0.25, 0.3) is 0 Å². The Morgan fingerprint density at radius 2 is 1.81 bits per heavy atom. The average Bonchev–Trinajstić information content (AvgIpc) is 3.04. The molecule has 0 radical (unpaired) electrons. The van der Waals surface area contributed by atoms with Crippen molar-refractivity contribution < 1.29 is 19.4 Å². The maximum Gasteiger partial charge on any atom is 0.218 e. The first-order valence-electron chi connectivity index (χ1n) is 10.9. The van der Waals surface area contributed by atoms with E-state index in [4.69, 9.17) is 0 Å². The Morgan fingerprint density at radius 1 is 1.06 bits per heavy atom. The van der Waals surface area contributed by atoms with Gasteiger partial charge in [0.05, 0.1) is 17.7 Å². The van der Waals surface area contributed by atoms with E-state index >= 15 is 0 Å². The third-order valence-electron chi connectivity index (χ3n) is 5.68. The van der Waals surface area contributed by atoms with Crippen molar-refractivity contribution in [3.8, 4) is 11.8 Å². The number of rotatable bonds is 7. The number of aromatic nitrogens is 2. The lowest BCUT2D eigenvalue weighted by Crippen LogP contribution is -2.14. The molecular formula is C26H25FN2O3. The molecule has 4 rings (SSSR count). The molecule has 2 aromatic heterocycles. The summed E-state index contributed by atoms with van der Waals surface area (Å²) in [5, 5.41) is 21.9. The standard InChI is InChI=1S/C26H25FN2O3/c1-2-3-4-5-6-7-9-19-20-10-8-15-28-23(20)24(30)22-21(19)25(31)29(26(22)32)16-17-11-13-18(27)14-12-17/h7-8,10-15,31-32H,2-6,16H2,1H3. The molecule has 0 unspecified atom stereocenters. The van der Waals surface area contributed by atoms with Gasteiger partial charge in [-0.2, -0.15) is 0 Å². The molecule has 1 aromatic carbocycles. The van der Waals surface area contributed by atoms with Crippen LogP contribution in [0.15, 0.2) is 54.4 Å². The van der Waals surface area contributed by atoms with E-state index in [1.54, 1.807) is 24.3 Å². The third-order valence-corrected chi connectivity index (χ3v) is 5.68. The molecule has 32 heavy (non-hydrogen) atoms. The molecular weight excluding hydrogens is 407 g/mol. The molecule has 1 aliphatic carbocycles. The summed E-state index contributed by atoms with van der Waals surface area (Å²) in [6, 6.07) is 9.25. The van der Waals surface area contributed by atoms with Gasteiger partial charge >= 0.3 is 0 Å². The van der Waals surface area contributed by atoms with Crippen molar-refractivity contribution >= 4 is 11.4 Å². The molecule has 1 aliphatic rings. The lowest BCUT2D eigenvalue weighted by molar-refractivity contribution is 0.102. The number of pyridine rings is 1. The minimum atomic E-state index is -0.449. The molecule has 2 N–H and O–H groups in total. The number of fused-ring (bicyclic) bond motifs is 2. The van der Waals surface area contributed by atoms with Crippen molar-refractivity contribution in [3.63, 3.8) is 0 Å². The van der Waals surface area contributed by atoms with Crippen LogP contribution in [0, 0.1) is 5.82 Å². The first kappa shape index (κ1) is 21.6. The van der Waals surface area contributed by atoms with Crippen LogP contribution in [-0.4, -0.2) is 25.5 Å². The lowest BCUT2D eigenvalue weighted by Gasteiger charge is -2.16. The summed E-state index contributed by atoms with van der Waals surface area (Å²) in [6.45, 7) is 2.24. The highest BCUT2D eigenvalue weighted by Gasteiger charge is 2.37. The van der Waals surface area contributed by atoms with Crippen molar-refractivity contribution in [3.05, 3.63) is 88.2 Å². The number of hydrogen-bond acceptors (Lipinski definition) is 4. The maximum absolute atomic E-state index is 13.3. The summed E-state index contributed by atoms with van der Waals surface area (Å²) in [7, 11) is 0. The second-order valence-electron chi connectivity index (χ2n) is 7.91. The Labute approximate surface area is 186 Å². The van der Waals surface area contributed by atoms with Crippen molar-refractivity contribution in [2.24, 2.45) is 0 Å². The highest BCUT2D eigenvalue weighted by molar-refractivity contribution is 6.19. The van der Waals surface area contributed by atoms with E-state index in [9.17, 15) is 19.4 Å². The molecule has 0 spiro atoms. The molecule has 164 valence electrons. The van der Waals surface area contributed by atoms with Crippen LogP contribution in [0.3, 0.4) is 0 Å². The number of benzene rings is 1. The number of ketones is 1. The molecule has 5 nitrogen and oxygen atoms in total. The lowest BCUT2D eigenvalue weighted by atomic mass is 9.86. The SMILES string of the molecule is CCCCCCC=C=C1c2cccnc2C(=O)c2c1c(O)n(Cc1ccc(F)cc1)c2O. The Bertz CT molecular complexity index is 1220. The molecule has 0 saturated carbocycles. The van der Waals surface area contributed by atoms with Gasteiger partial charge in [-0.1, -0.05) is 38.3 Å². The van der Waals surface area contributed by atoms with E-state index in [2.05, 4.69) is 17.6 Å². The zero-order valence-corrected chi connectivity index (χ0v) is 17.9. The number of aromatic hydroxyl groups is 2. The summed E-state index contributed by atoms with van der Waals surface area (Å²) in [5.74, 6) is -1.40. The minimum absolute atomic E-state index is 0.0118. The number of unbranched alkanes of at least 4 members (excludes halogenated alkanes) is 4. The van der Waals surface area contributed by atoms with Gasteiger partial charge in [-0.05, 0) is 48.7 Å². The molecule has 0 saturated heterocycles. The molecule has 6 heteroatoms. The van der Waals surface area contributed by atoms with Crippen molar-refractivity contribution in [2.45, 2.75) is 45.6 Å². The van der Waals surface area contributed by atoms with E-state index in [-0.39, 0.29) is 40.9 Å². The van der Waals surface area contributed by atoms with Crippen LogP contribution in [0.25, 0.3) is 5.57 Å². The molecule has 0 atom stereocenters. The van der Waals surface area contributed by atoms with Gasteiger partial charge in [-0.15, -0.1) is 5.73 Å². The summed E-state index contributed by atoms with van der Waals surface area (Å²) in [4.78, 5) is 17.4. The fraction of sp³-hybridized carbons (Fsp3) is 0.269. The van der Waals surface area contributed by atoms with E-state index in [0.29, 0.717) is 16.7 Å². The normalized spacial score (nSPS) is 12.3. The Balaban J connectivity index is 1.80. The first-order chi connectivity index (χ1) is 15.5. The van der Waals surface area contributed by atoms with Crippen molar-refractivity contribution in [1.29, 1.82) is 0 Å².